The molecule has 0 aliphatic carbocycles. The second-order valence-electron chi connectivity index (χ2n) is 4.33. The first-order chi connectivity index (χ1) is 7.08. The van der Waals surface area contributed by atoms with Gasteiger partial charge >= 0.3 is 0 Å². The zero-order valence-electron chi connectivity index (χ0n) is 9.29. The highest BCUT2D eigenvalue weighted by Crippen LogP contribution is 2.23. The fraction of sp³-hybridized carbons (Fsp3) is 0.417. The van der Waals surface area contributed by atoms with Gasteiger partial charge in [0.1, 0.15) is 0 Å². The van der Waals surface area contributed by atoms with Gasteiger partial charge in [0, 0.05) is 16.9 Å². The average molecular weight is 267 g/mol. The van der Waals surface area contributed by atoms with E-state index < -0.39 is 0 Å². The number of halogens is 1. The molecule has 0 saturated heterocycles. The standard InChI is InChI=1S/C12H15BrN2/c1-8(2)6-11-10-5-4-9(13)7-12(10)15(3)14-11/h4-5,7-8H,6H2,1-3H3. The number of hydrogen-bond acceptors (Lipinski definition) is 1. The fourth-order valence-corrected chi connectivity index (χ4v) is 2.19. The van der Waals surface area contributed by atoms with Gasteiger partial charge in [0.15, 0.2) is 0 Å². The molecule has 1 heterocycles. The molecule has 0 amide bonds. The van der Waals surface area contributed by atoms with E-state index >= 15 is 0 Å². The number of aromatic nitrogens is 2. The summed E-state index contributed by atoms with van der Waals surface area (Å²) >= 11 is 3.49. The minimum atomic E-state index is 0.645. The van der Waals surface area contributed by atoms with Gasteiger partial charge in [0.05, 0.1) is 11.2 Å². The topological polar surface area (TPSA) is 17.8 Å². The average Bonchev–Trinajstić information content (AvgIpc) is 2.42. The van der Waals surface area contributed by atoms with Gasteiger partial charge in [0.2, 0.25) is 0 Å². The van der Waals surface area contributed by atoms with E-state index in [0.717, 1.165) is 10.9 Å². The molecular weight excluding hydrogens is 252 g/mol. The second-order valence-corrected chi connectivity index (χ2v) is 5.25. The van der Waals surface area contributed by atoms with Crippen LogP contribution in [-0.4, -0.2) is 9.78 Å². The lowest BCUT2D eigenvalue weighted by molar-refractivity contribution is 0.624. The van der Waals surface area contributed by atoms with E-state index in [1.165, 1.54) is 16.6 Å². The number of aryl methyl sites for hydroxylation is 1. The summed E-state index contributed by atoms with van der Waals surface area (Å²) in [6.07, 6.45) is 1.04. The minimum Gasteiger partial charge on any atom is -0.268 e. The van der Waals surface area contributed by atoms with Crippen LogP contribution in [0.2, 0.25) is 0 Å². The SMILES string of the molecule is CC(C)Cc1nn(C)c2cc(Br)ccc12. The summed E-state index contributed by atoms with van der Waals surface area (Å²) < 4.78 is 3.06. The van der Waals surface area contributed by atoms with Gasteiger partial charge in [0.25, 0.3) is 0 Å². The molecule has 1 aromatic heterocycles. The third-order valence-electron chi connectivity index (χ3n) is 2.49. The molecule has 2 nitrogen and oxygen atoms in total. The lowest BCUT2D eigenvalue weighted by Crippen LogP contribution is -1.96. The molecule has 0 spiro atoms. The monoisotopic (exact) mass is 266 g/mol. The summed E-state index contributed by atoms with van der Waals surface area (Å²) in [6.45, 7) is 4.44. The fourth-order valence-electron chi connectivity index (χ4n) is 1.84. The maximum atomic E-state index is 4.57. The highest BCUT2D eigenvalue weighted by atomic mass is 79.9. The maximum Gasteiger partial charge on any atom is 0.0705 e. The number of nitrogens with zero attached hydrogens (tertiary/aromatic N) is 2. The zero-order chi connectivity index (χ0) is 11.0. The molecule has 0 aliphatic rings. The largest absolute Gasteiger partial charge is 0.268 e. The summed E-state index contributed by atoms with van der Waals surface area (Å²) in [4.78, 5) is 0. The van der Waals surface area contributed by atoms with Crippen molar-refractivity contribution in [3.05, 3.63) is 28.4 Å². The number of rotatable bonds is 2. The normalized spacial score (nSPS) is 11.5. The molecule has 0 N–H and O–H groups in total. The van der Waals surface area contributed by atoms with E-state index in [1.807, 2.05) is 11.7 Å². The molecule has 0 saturated carbocycles. The first kappa shape index (κ1) is 10.7. The van der Waals surface area contributed by atoms with Crippen LogP contribution in [0.25, 0.3) is 10.9 Å². The van der Waals surface area contributed by atoms with Crippen molar-refractivity contribution in [2.24, 2.45) is 13.0 Å². The van der Waals surface area contributed by atoms with Gasteiger partial charge in [-0.1, -0.05) is 29.8 Å². The van der Waals surface area contributed by atoms with Crippen molar-refractivity contribution < 1.29 is 0 Å². The quantitative estimate of drug-likeness (QED) is 0.813. The molecular formula is C12H15BrN2. The van der Waals surface area contributed by atoms with Crippen molar-refractivity contribution in [2.75, 3.05) is 0 Å². The Morgan fingerprint density at radius 2 is 2.13 bits per heavy atom. The Morgan fingerprint density at radius 3 is 2.80 bits per heavy atom. The van der Waals surface area contributed by atoms with Crippen LogP contribution in [0.3, 0.4) is 0 Å². The Labute approximate surface area is 98.4 Å². The predicted molar refractivity (Wildman–Crippen MR) is 67.0 cm³/mol. The van der Waals surface area contributed by atoms with Crippen molar-refractivity contribution in [1.82, 2.24) is 9.78 Å². The molecule has 15 heavy (non-hydrogen) atoms. The number of hydrogen-bond donors (Lipinski definition) is 0. The van der Waals surface area contributed by atoms with Crippen LogP contribution in [-0.2, 0) is 13.5 Å². The van der Waals surface area contributed by atoms with E-state index in [0.29, 0.717) is 5.92 Å². The Balaban J connectivity index is 2.57. The second kappa shape index (κ2) is 3.97. The third-order valence-corrected chi connectivity index (χ3v) is 2.98. The van der Waals surface area contributed by atoms with Crippen LogP contribution in [0.1, 0.15) is 19.5 Å². The van der Waals surface area contributed by atoms with Crippen LogP contribution in [0.15, 0.2) is 22.7 Å². The predicted octanol–water partition coefficient (Wildman–Crippen LogP) is 3.53. The van der Waals surface area contributed by atoms with Gasteiger partial charge in [-0.2, -0.15) is 5.10 Å². The van der Waals surface area contributed by atoms with Gasteiger partial charge in [-0.3, -0.25) is 4.68 Å². The van der Waals surface area contributed by atoms with Crippen molar-refractivity contribution in [1.29, 1.82) is 0 Å². The lowest BCUT2D eigenvalue weighted by Gasteiger charge is -2.00. The van der Waals surface area contributed by atoms with Gasteiger partial charge in [-0.15, -0.1) is 0 Å². The van der Waals surface area contributed by atoms with E-state index in [-0.39, 0.29) is 0 Å². The molecule has 0 atom stereocenters. The van der Waals surface area contributed by atoms with Crippen LogP contribution in [0.4, 0.5) is 0 Å². The van der Waals surface area contributed by atoms with E-state index in [2.05, 4.69) is 53.1 Å². The van der Waals surface area contributed by atoms with Crippen molar-refractivity contribution >= 4 is 26.8 Å². The molecule has 2 aromatic rings. The zero-order valence-corrected chi connectivity index (χ0v) is 10.9. The highest BCUT2D eigenvalue weighted by Gasteiger charge is 2.09. The molecule has 0 unspecified atom stereocenters. The molecule has 0 bridgehead atoms. The molecule has 80 valence electrons. The Bertz CT molecular complexity index is 486. The van der Waals surface area contributed by atoms with Gasteiger partial charge in [-0.25, -0.2) is 0 Å². The van der Waals surface area contributed by atoms with Gasteiger partial charge in [-0.05, 0) is 30.5 Å². The molecule has 0 fully saturated rings. The number of fused-ring (bicyclic) bond motifs is 1. The Hall–Kier alpha value is -0.830. The first-order valence-corrected chi connectivity index (χ1v) is 5.98. The number of benzene rings is 1. The lowest BCUT2D eigenvalue weighted by atomic mass is 10.1. The minimum absolute atomic E-state index is 0.645. The van der Waals surface area contributed by atoms with E-state index in [4.69, 9.17) is 0 Å². The smallest absolute Gasteiger partial charge is 0.0705 e. The summed E-state index contributed by atoms with van der Waals surface area (Å²) in [7, 11) is 2.00. The Morgan fingerprint density at radius 1 is 1.40 bits per heavy atom. The van der Waals surface area contributed by atoms with Crippen molar-refractivity contribution in [3.63, 3.8) is 0 Å². The first-order valence-electron chi connectivity index (χ1n) is 5.19. The van der Waals surface area contributed by atoms with Crippen LogP contribution < -0.4 is 0 Å². The summed E-state index contributed by atoms with van der Waals surface area (Å²) in [5.41, 5.74) is 2.40. The van der Waals surface area contributed by atoms with Crippen LogP contribution >= 0.6 is 15.9 Å². The van der Waals surface area contributed by atoms with Crippen molar-refractivity contribution in [2.45, 2.75) is 20.3 Å². The maximum absolute atomic E-state index is 4.57. The van der Waals surface area contributed by atoms with Crippen LogP contribution in [0, 0.1) is 5.92 Å². The molecule has 0 aliphatic heterocycles. The third kappa shape index (κ3) is 2.07. The van der Waals surface area contributed by atoms with Gasteiger partial charge < -0.3 is 0 Å². The molecule has 1 aromatic carbocycles. The molecule has 2 rings (SSSR count). The summed E-state index contributed by atoms with van der Waals surface area (Å²) in [5.74, 6) is 0.645. The Kier molecular flexibility index (Phi) is 2.83. The summed E-state index contributed by atoms with van der Waals surface area (Å²) in [5, 5.41) is 5.84. The highest BCUT2D eigenvalue weighted by molar-refractivity contribution is 9.10. The molecule has 0 radical (unpaired) electrons. The molecule has 3 heteroatoms. The van der Waals surface area contributed by atoms with E-state index in [1.54, 1.807) is 0 Å². The summed E-state index contributed by atoms with van der Waals surface area (Å²) in [6, 6.07) is 6.34. The van der Waals surface area contributed by atoms with Crippen molar-refractivity contribution in [3.8, 4) is 0 Å². The van der Waals surface area contributed by atoms with E-state index in [9.17, 15) is 0 Å². The van der Waals surface area contributed by atoms with Crippen LogP contribution in [0.5, 0.6) is 0 Å².